The Hall–Kier alpha value is -3.59. The number of alkyl halides is 9. The molecule has 1 amide bonds. The summed E-state index contributed by atoms with van der Waals surface area (Å²) in [4.78, 5) is 24.6. The predicted molar refractivity (Wildman–Crippen MR) is 136 cm³/mol. The molecular weight excluding hydrogens is 603 g/mol. The van der Waals surface area contributed by atoms with Crippen LogP contribution in [0.4, 0.5) is 39.5 Å². The highest BCUT2D eigenvalue weighted by Crippen LogP contribution is 2.35. The van der Waals surface area contributed by atoms with Gasteiger partial charge >= 0.3 is 24.5 Å². The molecule has 42 heavy (non-hydrogen) atoms. The van der Waals surface area contributed by atoms with Crippen molar-refractivity contribution in [1.82, 2.24) is 10.2 Å². The molecule has 0 bridgehead atoms. The van der Waals surface area contributed by atoms with Gasteiger partial charge in [0, 0.05) is 30.6 Å². The minimum absolute atomic E-state index is 0.0839. The van der Waals surface area contributed by atoms with Crippen molar-refractivity contribution in [2.45, 2.75) is 44.0 Å². The lowest BCUT2D eigenvalue weighted by molar-refractivity contribution is -0.192. The molecule has 0 atom stereocenters. The third-order valence-corrected chi connectivity index (χ3v) is 7.26. The van der Waals surface area contributed by atoms with E-state index in [0.29, 0.717) is 53.4 Å². The lowest BCUT2D eigenvalue weighted by Gasteiger charge is -2.32. The van der Waals surface area contributed by atoms with Crippen LogP contribution in [-0.4, -0.2) is 47.2 Å². The van der Waals surface area contributed by atoms with Crippen LogP contribution in [0.25, 0.3) is 10.4 Å². The number of hydrogen-bond acceptors (Lipinski definition) is 4. The molecule has 0 aliphatic carbocycles. The summed E-state index contributed by atoms with van der Waals surface area (Å²) in [6.45, 7) is 1.65. The molecule has 1 aliphatic rings. The zero-order chi connectivity index (χ0) is 31.3. The van der Waals surface area contributed by atoms with Crippen molar-refractivity contribution >= 4 is 23.2 Å². The molecule has 1 aliphatic heterocycles. The standard InChI is InChI=1S/C25H22F6N2OS.C2HF3O2/c26-24(27,28)18-5-1-3-16(13-18)15-33-11-9-20(10-12-33)32-23(34)22-8-7-21(35-22)17-4-2-6-19(14-17)25(29,30)31;3-2(4,5)1(6)7/h1-8,13-14,20H,9-12,15H2,(H,32,34);(H,6,7). The Morgan fingerprint density at radius 3 is 1.93 bits per heavy atom. The Morgan fingerprint density at radius 1 is 0.833 bits per heavy atom. The summed E-state index contributed by atoms with van der Waals surface area (Å²) in [7, 11) is 0. The highest BCUT2D eigenvalue weighted by atomic mass is 32.1. The first-order chi connectivity index (χ1) is 19.4. The van der Waals surface area contributed by atoms with Crippen molar-refractivity contribution in [2.24, 2.45) is 0 Å². The molecule has 2 aromatic carbocycles. The van der Waals surface area contributed by atoms with Crippen LogP contribution in [0.3, 0.4) is 0 Å². The number of halogens is 9. The van der Waals surface area contributed by atoms with Crippen LogP contribution >= 0.6 is 11.3 Å². The fraction of sp³-hybridized carbons (Fsp3) is 0.333. The van der Waals surface area contributed by atoms with Crippen LogP contribution in [0.15, 0.2) is 60.7 Å². The predicted octanol–water partition coefficient (Wildman–Crippen LogP) is 7.48. The molecule has 0 unspecified atom stereocenters. The number of carboxylic acids is 1. The van der Waals surface area contributed by atoms with Crippen molar-refractivity contribution in [1.29, 1.82) is 0 Å². The third kappa shape index (κ3) is 9.48. The third-order valence-electron chi connectivity index (χ3n) is 6.13. The molecule has 5 nitrogen and oxygen atoms in total. The van der Waals surface area contributed by atoms with Gasteiger partial charge in [-0.05, 0) is 54.3 Å². The first-order valence-electron chi connectivity index (χ1n) is 12.2. The highest BCUT2D eigenvalue weighted by Gasteiger charge is 2.38. The van der Waals surface area contributed by atoms with Crippen molar-refractivity contribution in [3.05, 3.63) is 82.2 Å². The van der Waals surface area contributed by atoms with Gasteiger partial charge in [-0.15, -0.1) is 11.3 Å². The number of benzene rings is 2. The number of aliphatic carboxylic acids is 1. The van der Waals surface area contributed by atoms with Gasteiger partial charge in [-0.25, -0.2) is 4.79 Å². The van der Waals surface area contributed by atoms with Gasteiger partial charge in [-0.3, -0.25) is 9.69 Å². The second-order valence-electron chi connectivity index (χ2n) is 9.27. The van der Waals surface area contributed by atoms with E-state index in [1.807, 2.05) is 0 Å². The molecule has 0 saturated carbocycles. The molecule has 1 saturated heterocycles. The number of amides is 1. The van der Waals surface area contributed by atoms with Crippen molar-refractivity contribution < 1.29 is 54.2 Å². The highest BCUT2D eigenvalue weighted by molar-refractivity contribution is 7.17. The van der Waals surface area contributed by atoms with Gasteiger partial charge in [0.1, 0.15) is 0 Å². The van der Waals surface area contributed by atoms with Crippen molar-refractivity contribution in [2.75, 3.05) is 13.1 Å². The Labute approximate surface area is 237 Å². The number of carboxylic acid groups (broad SMARTS) is 1. The number of likely N-dealkylation sites (tertiary alicyclic amines) is 1. The van der Waals surface area contributed by atoms with Gasteiger partial charge in [0.2, 0.25) is 0 Å². The summed E-state index contributed by atoms with van der Waals surface area (Å²) in [5.41, 5.74) is -0.432. The Balaban J connectivity index is 0.000000616. The number of nitrogens with one attached hydrogen (secondary N) is 1. The normalized spacial score (nSPS) is 15.1. The van der Waals surface area contributed by atoms with E-state index in [2.05, 4.69) is 10.2 Å². The molecule has 2 heterocycles. The number of hydrogen-bond donors (Lipinski definition) is 2. The lowest BCUT2D eigenvalue weighted by Crippen LogP contribution is -2.44. The van der Waals surface area contributed by atoms with Crippen LogP contribution in [0.1, 0.15) is 39.2 Å². The average Bonchev–Trinajstić information content (AvgIpc) is 3.40. The molecule has 15 heteroatoms. The molecular formula is C27H23F9N2O3S. The summed E-state index contributed by atoms with van der Waals surface area (Å²) >= 11 is 1.13. The van der Waals surface area contributed by atoms with Crippen LogP contribution in [0.5, 0.6) is 0 Å². The number of thiophene rings is 1. The van der Waals surface area contributed by atoms with Crippen molar-refractivity contribution in [3.63, 3.8) is 0 Å². The van der Waals surface area contributed by atoms with Gasteiger partial charge in [0.25, 0.3) is 5.91 Å². The van der Waals surface area contributed by atoms with Crippen molar-refractivity contribution in [3.8, 4) is 10.4 Å². The minimum atomic E-state index is -5.08. The fourth-order valence-electron chi connectivity index (χ4n) is 4.06. The number of rotatable bonds is 5. The molecule has 3 aromatic rings. The monoisotopic (exact) mass is 626 g/mol. The smallest absolute Gasteiger partial charge is 0.475 e. The Kier molecular flexibility index (Phi) is 10.3. The topological polar surface area (TPSA) is 69.6 Å². The van der Waals surface area contributed by atoms with Gasteiger partial charge in [0.05, 0.1) is 16.0 Å². The largest absolute Gasteiger partial charge is 0.490 e. The molecule has 0 radical (unpaired) electrons. The van der Waals surface area contributed by atoms with E-state index < -0.39 is 35.6 Å². The molecule has 4 rings (SSSR count). The summed E-state index contributed by atoms with van der Waals surface area (Å²) in [5, 5.41) is 10.1. The quantitative estimate of drug-likeness (QED) is 0.288. The van der Waals surface area contributed by atoms with Crippen LogP contribution in [0.2, 0.25) is 0 Å². The van der Waals surface area contributed by atoms with Crippen LogP contribution in [0, 0.1) is 0 Å². The van der Waals surface area contributed by atoms with E-state index in [0.717, 1.165) is 35.6 Å². The zero-order valence-corrected chi connectivity index (χ0v) is 22.2. The zero-order valence-electron chi connectivity index (χ0n) is 21.4. The molecule has 228 valence electrons. The number of piperidine rings is 1. The summed E-state index contributed by atoms with van der Waals surface area (Å²) in [6.07, 6.45) is -12.6. The van der Waals surface area contributed by atoms with Gasteiger partial charge in [0.15, 0.2) is 0 Å². The second-order valence-corrected chi connectivity index (χ2v) is 10.4. The molecule has 2 N–H and O–H groups in total. The summed E-state index contributed by atoms with van der Waals surface area (Å²) in [6, 6.07) is 13.4. The average molecular weight is 627 g/mol. The molecule has 0 spiro atoms. The van der Waals surface area contributed by atoms with Crippen LogP contribution in [-0.2, 0) is 23.7 Å². The SMILES string of the molecule is O=C(NC1CCN(Cc2cccc(C(F)(F)F)c2)CC1)c1ccc(-c2cccc(C(F)(F)F)c2)s1.O=C(O)C(F)(F)F. The van der Waals surface area contributed by atoms with E-state index >= 15 is 0 Å². The lowest BCUT2D eigenvalue weighted by atomic mass is 10.0. The van der Waals surface area contributed by atoms with Gasteiger partial charge in [-0.1, -0.05) is 30.3 Å². The van der Waals surface area contributed by atoms with E-state index in [-0.39, 0.29) is 11.9 Å². The van der Waals surface area contributed by atoms with E-state index in [1.165, 1.54) is 12.1 Å². The summed E-state index contributed by atoms with van der Waals surface area (Å²) < 4.78 is 109. The fourth-order valence-corrected chi connectivity index (χ4v) is 4.97. The number of carbonyl (C=O) groups is 2. The van der Waals surface area contributed by atoms with E-state index in [9.17, 15) is 44.3 Å². The Bertz CT molecular complexity index is 1380. The first-order valence-corrected chi connectivity index (χ1v) is 13.0. The number of nitrogens with zero attached hydrogens (tertiary/aromatic N) is 1. The Morgan fingerprint density at radius 2 is 1.38 bits per heavy atom. The molecule has 1 fully saturated rings. The van der Waals surface area contributed by atoms with E-state index in [4.69, 9.17) is 9.90 Å². The maximum absolute atomic E-state index is 13.0. The van der Waals surface area contributed by atoms with E-state index in [1.54, 1.807) is 24.3 Å². The van der Waals surface area contributed by atoms with Gasteiger partial charge in [-0.2, -0.15) is 39.5 Å². The van der Waals surface area contributed by atoms with Crippen LogP contribution < -0.4 is 5.32 Å². The maximum Gasteiger partial charge on any atom is 0.490 e. The summed E-state index contributed by atoms with van der Waals surface area (Å²) in [5.74, 6) is -3.04. The molecule has 1 aromatic heterocycles. The maximum atomic E-state index is 13.0. The first kappa shape index (κ1) is 32.9. The second kappa shape index (κ2) is 13.2. The van der Waals surface area contributed by atoms with Gasteiger partial charge < -0.3 is 10.4 Å². The number of carbonyl (C=O) groups excluding carboxylic acids is 1. The minimum Gasteiger partial charge on any atom is -0.475 e.